The summed E-state index contributed by atoms with van der Waals surface area (Å²) in [5.74, 6) is 0. The van der Waals surface area contributed by atoms with Crippen molar-refractivity contribution in [2.75, 3.05) is 26.7 Å². The van der Waals surface area contributed by atoms with Crippen LogP contribution in [0.25, 0.3) is 0 Å². The Bertz CT molecular complexity index is 284. The van der Waals surface area contributed by atoms with Gasteiger partial charge in [-0.05, 0) is 60.3 Å². The van der Waals surface area contributed by atoms with Crippen molar-refractivity contribution in [1.29, 1.82) is 0 Å². The Morgan fingerprint density at radius 3 is 2.50 bits per heavy atom. The first-order valence-corrected chi connectivity index (χ1v) is 6.94. The molecule has 0 radical (unpaired) electrons. The molecular formula is C13H21IN2. The summed E-state index contributed by atoms with van der Waals surface area (Å²) in [5.41, 5.74) is 1.39. The second-order valence-electron chi connectivity index (χ2n) is 4.11. The second kappa shape index (κ2) is 8.03. The van der Waals surface area contributed by atoms with Crippen LogP contribution in [0.4, 0.5) is 0 Å². The summed E-state index contributed by atoms with van der Waals surface area (Å²) in [5, 5.41) is 3.42. The van der Waals surface area contributed by atoms with Gasteiger partial charge in [0.15, 0.2) is 0 Å². The van der Waals surface area contributed by atoms with Gasteiger partial charge in [-0.15, -0.1) is 0 Å². The zero-order valence-electron chi connectivity index (χ0n) is 10.2. The van der Waals surface area contributed by atoms with Crippen LogP contribution in [0.1, 0.15) is 18.9 Å². The van der Waals surface area contributed by atoms with Gasteiger partial charge in [-0.1, -0.05) is 19.1 Å². The molecule has 0 bridgehead atoms. The minimum Gasteiger partial charge on any atom is -0.315 e. The summed E-state index contributed by atoms with van der Waals surface area (Å²) in [6.45, 7) is 6.53. The van der Waals surface area contributed by atoms with E-state index in [1.165, 1.54) is 15.6 Å². The molecule has 0 unspecified atom stereocenters. The summed E-state index contributed by atoms with van der Waals surface area (Å²) in [6, 6.07) is 8.74. The van der Waals surface area contributed by atoms with E-state index in [0.29, 0.717) is 0 Å². The third-order valence-electron chi connectivity index (χ3n) is 2.46. The number of rotatable bonds is 7. The van der Waals surface area contributed by atoms with Crippen LogP contribution in [0.3, 0.4) is 0 Å². The lowest BCUT2D eigenvalue weighted by Crippen LogP contribution is -2.29. The monoisotopic (exact) mass is 332 g/mol. The molecule has 2 nitrogen and oxygen atoms in total. The number of nitrogens with zero attached hydrogens (tertiary/aromatic N) is 1. The molecule has 90 valence electrons. The third kappa shape index (κ3) is 5.82. The van der Waals surface area contributed by atoms with Crippen molar-refractivity contribution < 1.29 is 0 Å². The molecule has 1 rings (SSSR count). The minimum absolute atomic E-state index is 1.03. The van der Waals surface area contributed by atoms with E-state index >= 15 is 0 Å². The van der Waals surface area contributed by atoms with Crippen molar-refractivity contribution in [3.8, 4) is 0 Å². The van der Waals surface area contributed by atoms with E-state index in [0.717, 1.165) is 26.2 Å². The number of hydrogen-bond acceptors (Lipinski definition) is 2. The third-order valence-corrected chi connectivity index (χ3v) is 3.18. The smallest absolute Gasteiger partial charge is 0.0231 e. The number of halogens is 1. The Balaban J connectivity index is 2.23. The minimum atomic E-state index is 1.03. The van der Waals surface area contributed by atoms with E-state index < -0.39 is 0 Å². The second-order valence-corrected chi connectivity index (χ2v) is 5.36. The van der Waals surface area contributed by atoms with Gasteiger partial charge in [0.25, 0.3) is 0 Å². The van der Waals surface area contributed by atoms with Crippen molar-refractivity contribution >= 4 is 22.6 Å². The lowest BCUT2D eigenvalue weighted by molar-refractivity contribution is 0.324. The van der Waals surface area contributed by atoms with Gasteiger partial charge in [0.05, 0.1) is 0 Å². The van der Waals surface area contributed by atoms with Crippen molar-refractivity contribution in [2.24, 2.45) is 0 Å². The number of benzene rings is 1. The van der Waals surface area contributed by atoms with Gasteiger partial charge in [-0.25, -0.2) is 0 Å². The Labute approximate surface area is 113 Å². The van der Waals surface area contributed by atoms with Gasteiger partial charge in [0, 0.05) is 23.2 Å². The SMILES string of the molecule is CCCNCCN(C)Cc1ccc(I)cc1. The molecule has 0 amide bonds. The van der Waals surface area contributed by atoms with Crippen LogP contribution in [-0.4, -0.2) is 31.6 Å². The van der Waals surface area contributed by atoms with E-state index in [9.17, 15) is 0 Å². The first-order chi connectivity index (χ1) is 7.72. The molecule has 0 heterocycles. The topological polar surface area (TPSA) is 15.3 Å². The van der Waals surface area contributed by atoms with Gasteiger partial charge in [0.1, 0.15) is 0 Å². The summed E-state index contributed by atoms with van der Waals surface area (Å²) >= 11 is 2.34. The number of nitrogens with one attached hydrogen (secondary N) is 1. The lowest BCUT2D eigenvalue weighted by atomic mass is 10.2. The van der Waals surface area contributed by atoms with Crippen LogP contribution in [0.15, 0.2) is 24.3 Å². The van der Waals surface area contributed by atoms with Crippen LogP contribution in [0, 0.1) is 3.57 Å². The Kier molecular flexibility index (Phi) is 7.00. The summed E-state index contributed by atoms with van der Waals surface area (Å²) in [7, 11) is 2.17. The van der Waals surface area contributed by atoms with Crippen molar-refractivity contribution in [3.05, 3.63) is 33.4 Å². The maximum atomic E-state index is 3.42. The van der Waals surface area contributed by atoms with Gasteiger partial charge >= 0.3 is 0 Å². The Morgan fingerprint density at radius 2 is 1.88 bits per heavy atom. The Morgan fingerprint density at radius 1 is 1.19 bits per heavy atom. The first-order valence-electron chi connectivity index (χ1n) is 5.86. The first kappa shape index (κ1) is 13.9. The highest BCUT2D eigenvalue weighted by molar-refractivity contribution is 14.1. The van der Waals surface area contributed by atoms with Gasteiger partial charge in [-0.3, -0.25) is 0 Å². The predicted octanol–water partition coefficient (Wildman–Crippen LogP) is 2.72. The zero-order valence-corrected chi connectivity index (χ0v) is 12.3. The Hall–Kier alpha value is -0.130. The average molecular weight is 332 g/mol. The zero-order chi connectivity index (χ0) is 11.8. The molecule has 0 aromatic heterocycles. The summed E-state index contributed by atoms with van der Waals surface area (Å²) < 4.78 is 1.30. The van der Waals surface area contributed by atoms with Gasteiger partial charge < -0.3 is 10.2 Å². The molecule has 0 aliphatic carbocycles. The fourth-order valence-electron chi connectivity index (χ4n) is 1.55. The van der Waals surface area contributed by atoms with E-state index in [1.807, 2.05) is 0 Å². The maximum Gasteiger partial charge on any atom is 0.0231 e. The molecule has 0 saturated heterocycles. The quantitative estimate of drug-likeness (QED) is 0.610. The lowest BCUT2D eigenvalue weighted by Gasteiger charge is -2.16. The molecule has 1 N–H and O–H groups in total. The molecule has 3 heteroatoms. The fourth-order valence-corrected chi connectivity index (χ4v) is 1.91. The number of hydrogen-bond donors (Lipinski definition) is 1. The molecule has 0 atom stereocenters. The standard InChI is InChI=1S/C13H21IN2/c1-3-8-15-9-10-16(2)11-12-4-6-13(14)7-5-12/h4-7,15H,3,8-11H2,1-2H3. The van der Waals surface area contributed by atoms with Gasteiger partial charge in [0.2, 0.25) is 0 Å². The van der Waals surface area contributed by atoms with E-state index in [-0.39, 0.29) is 0 Å². The summed E-state index contributed by atoms with van der Waals surface area (Å²) in [4.78, 5) is 2.35. The highest BCUT2D eigenvalue weighted by Crippen LogP contribution is 2.08. The fraction of sp³-hybridized carbons (Fsp3) is 0.538. The maximum absolute atomic E-state index is 3.42. The van der Waals surface area contributed by atoms with Crippen LogP contribution < -0.4 is 5.32 Å². The van der Waals surface area contributed by atoms with Crippen molar-refractivity contribution in [1.82, 2.24) is 10.2 Å². The van der Waals surface area contributed by atoms with E-state index in [4.69, 9.17) is 0 Å². The molecule has 0 saturated carbocycles. The molecule has 0 spiro atoms. The number of likely N-dealkylation sites (N-methyl/N-ethyl adjacent to an activating group) is 1. The molecule has 1 aromatic rings. The largest absolute Gasteiger partial charge is 0.315 e. The molecule has 1 aromatic carbocycles. The van der Waals surface area contributed by atoms with Crippen LogP contribution in [0.2, 0.25) is 0 Å². The van der Waals surface area contributed by atoms with Crippen molar-refractivity contribution in [2.45, 2.75) is 19.9 Å². The summed E-state index contributed by atoms with van der Waals surface area (Å²) in [6.07, 6.45) is 1.21. The van der Waals surface area contributed by atoms with E-state index in [1.54, 1.807) is 0 Å². The van der Waals surface area contributed by atoms with Crippen LogP contribution in [0.5, 0.6) is 0 Å². The highest BCUT2D eigenvalue weighted by atomic mass is 127. The molecular weight excluding hydrogens is 311 g/mol. The van der Waals surface area contributed by atoms with Crippen LogP contribution in [-0.2, 0) is 6.54 Å². The van der Waals surface area contributed by atoms with E-state index in [2.05, 4.69) is 71.0 Å². The molecule has 0 fully saturated rings. The highest BCUT2D eigenvalue weighted by Gasteiger charge is 1.99. The van der Waals surface area contributed by atoms with Crippen LogP contribution >= 0.6 is 22.6 Å². The van der Waals surface area contributed by atoms with Crippen molar-refractivity contribution in [3.63, 3.8) is 0 Å². The predicted molar refractivity (Wildman–Crippen MR) is 78.7 cm³/mol. The van der Waals surface area contributed by atoms with Gasteiger partial charge in [-0.2, -0.15) is 0 Å². The average Bonchev–Trinajstić information content (AvgIpc) is 2.28. The normalized spacial score (nSPS) is 11.0. The molecule has 0 aliphatic rings. The molecule has 16 heavy (non-hydrogen) atoms. The molecule has 0 aliphatic heterocycles.